The molecule has 0 N–H and O–H groups in total. The highest BCUT2D eigenvalue weighted by molar-refractivity contribution is 5.95. The molecular formula is C21H27F2N3O2. The van der Waals surface area contributed by atoms with Crippen molar-refractivity contribution in [3.8, 4) is 0 Å². The van der Waals surface area contributed by atoms with Crippen LogP contribution in [-0.4, -0.2) is 71.3 Å². The first-order chi connectivity index (χ1) is 13.4. The fourth-order valence-electron chi connectivity index (χ4n) is 4.86. The van der Waals surface area contributed by atoms with Crippen molar-refractivity contribution in [3.05, 3.63) is 35.4 Å². The second-order valence-electron chi connectivity index (χ2n) is 8.45. The molecule has 3 fully saturated rings. The van der Waals surface area contributed by atoms with Crippen LogP contribution in [0.3, 0.4) is 0 Å². The zero-order valence-electron chi connectivity index (χ0n) is 16.2. The van der Waals surface area contributed by atoms with Crippen molar-refractivity contribution in [1.82, 2.24) is 14.7 Å². The topological polar surface area (TPSA) is 43.9 Å². The zero-order chi connectivity index (χ0) is 19.8. The van der Waals surface area contributed by atoms with Crippen LogP contribution in [0.1, 0.15) is 48.5 Å². The van der Waals surface area contributed by atoms with Gasteiger partial charge in [0.1, 0.15) is 0 Å². The van der Waals surface area contributed by atoms with Crippen LogP contribution in [0.15, 0.2) is 24.3 Å². The minimum absolute atomic E-state index is 0.0251. The van der Waals surface area contributed by atoms with Crippen molar-refractivity contribution >= 4 is 11.8 Å². The highest BCUT2D eigenvalue weighted by Gasteiger charge is 2.44. The van der Waals surface area contributed by atoms with Gasteiger partial charge >= 0.3 is 0 Å². The molecule has 4 rings (SSSR count). The average molecular weight is 391 g/mol. The van der Waals surface area contributed by atoms with Crippen LogP contribution < -0.4 is 0 Å². The smallest absolute Gasteiger partial charge is 0.263 e. The summed E-state index contributed by atoms with van der Waals surface area (Å²) in [7, 11) is 0. The summed E-state index contributed by atoms with van der Waals surface area (Å²) >= 11 is 0. The number of hydrogen-bond donors (Lipinski definition) is 0. The molecule has 28 heavy (non-hydrogen) atoms. The van der Waals surface area contributed by atoms with Crippen molar-refractivity contribution in [2.75, 3.05) is 32.7 Å². The fourth-order valence-corrected chi connectivity index (χ4v) is 4.86. The molecule has 0 aliphatic carbocycles. The van der Waals surface area contributed by atoms with Gasteiger partial charge in [-0.2, -0.15) is 0 Å². The second-order valence-corrected chi connectivity index (χ2v) is 8.45. The van der Waals surface area contributed by atoms with Crippen molar-refractivity contribution in [1.29, 1.82) is 0 Å². The van der Waals surface area contributed by atoms with Gasteiger partial charge in [-0.25, -0.2) is 8.78 Å². The van der Waals surface area contributed by atoms with Crippen molar-refractivity contribution in [3.63, 3.8) is 0 Å². The van der Waals surface area contributed by atoms with E-state index in [1.165, 1.54) is 18.2 Å². The number of halogens is 2. The Hall–Kier alpha value is -2.02. The predicted octanol–water partition coefficient (Wildman–Crippen LogP) is 2.78. The van der Waals surface area contributed by atoms with Gasteiger partial charge in [0.2, 0.25) is 5.91 Å². The lowest BCUT2D eigenvalue weighted by molar-refractivity contribution is -0.135. The Bertz CT molecular complexity index is 743. The maximum Gasteiger partial charge on any atom is 0.263 e. The van der Waals surface area contributed by atoms with Crippen LogP contribution >= 0.6 is 0 Å². The lowest BCUT2D eigenvalue weighted by Gasteiger charge is -2.41. The summed E-state index contributed by atoms with van der Waals surface area (Å²) in [6, 6.07) is 5.68. The Morgan fingerprint density at radius 2 is 1.82 bits per heavy atom. The minimum atomic E-state index is -2.59. The summed E-state index contributed by atoms with van der Waals surface area (Å²) < 4.78 is 26.0. The Balaban J connectivity index is 1.42. The first-order valence-corrected chi connectivity index (χ1v) is 10.1. The lowest BCUT2D eigenvalue weighted by atomic mass is 10.1. The number of alkyl halides is 2. The Labute approximate surface area is 164 Å². The molecule has 3 saturated heterocycles. The molecule has 0 aromatic heterocycles. The number of amides is 2. The van der Waals surface area contributed by atoms with E-state index < -0.39 is 6.43 Å². The molecule has 1 aromatic rings. The van der Waals surface area contributed by atoms with Crippen LogP contribution in [0.4, 0.5) is 8.78 Å². The lowest BCUT2D eigenvalue weighted by Crippen LogP contribution is -2.58. The van der Waals surface area contributed by atoms with Gasteiger partial charge in [-0.15, -0.1) is 0 Å². The van der Waals surface area contributed by atoms with E-state index in [2.05, 4.69) is 11.8 Å². The molecule has 0 radical (unpaired) electrons. The summed E-state index contributed by atoms with van der Waals surface area (Å²) in [5.74, 6) is 0.579. The number of rotatable bonds is 4. The summed E-state index contributed by atoms with van der Waals surface area (Å²) in [4.78, 5) is 31.7. The maximum atomic E-state index is 13.0. The third-order valence-corrected chi connectivity index (χ3v) is 6.32. The molecular weight excluding hydrogens is 364 g/mol. The third kappa shape index (κ3) is 3.77. The van der Waals surface area contributed by atoms with E-state index >= 15 is 0 Å². The number of benzene rings is 1. The van der Waals surface area contributed by atoms with Crippen LogP contribution in [0, 0.1) is 5.92 Å². The third-order valence-electron chi connectivity index (χ3n) is 6.32. The van der Waals surface area contributed by atoms with E-state index in [0.717, 1.165) is 32.4 Å². The van der Waals surface area contributed by atoms with Gasteiger partial charge in [-0.3, -0.25) is 14.5 Å². The highest BCUT2D eigenvalue weighted by Crippen LogP contribution is 2.32. The number of nitrogens with zero attached hydrogens (tertiary/aromatic N) is 3. The molecule has 1 aromatic carbocycles. The number of likely N-dealkylation sites (tertiary alicyclic amines) is 2. The Morgan fingerprint density at radius 3 is 2.43 bits per heavy atom. The Morgan fingerprint density at radius 1 is 1.11 bits per heavy atom. The van der Waals surface area contributed by atoms with Crippen molar-refractivity contribution in [2.24, 2.45) is 5.92 Å². The Kier molecular flexibility index (Phi) is 5.36. The molecule has 3 atom stereocenters. The van der Waals surface area contributed by atoms with Gasteiger partial charge in [-0.1, -0.05) is 19.1 Å². The maximum absolute atomic E-state index is 13.0. The monoisotopic (exact) mass is 391 g/mol. The predicted molar refractivity (Wildman–Crippen MR) is 101 cm³/mol. The van der Waals surface area contributed by atoms with E-state index in [9.17, 15) is 18.4 Å². The normalized spacial score (nSPS) is 27.6. The molecule has 3 unspecified atom stereocenters. The van der Waals surface area contributed by atoms with Gasteiger partial charge in [0.25, 0.3) is 12.3 Å². The van der Waals surface area contributed by atoms with E-state index in [4.69, 9.17) is 0 Å². The minimum Gasteiger partial charge on any atom is -0.337 e. The van der Waals surface area contributed by atoms with E-state index in [1.54, 1.807) is 6.07 Å². The first-order valence-electron chi connectivity index (χ1n) is 10.1. The number of fused-ring (bicyclic) bond motifs is 2. The molecule has 0 spiro atoms. The molecule has 7 heteroatoms. The molecule has 2 bridgehead atoms. The van der Waals surface area contributed by atoms with Gasteiger partial charge in [0, 0.05) is 30.8 Å². The largest absolute Gasteiger partial charge is 0.337 e. The zero-order valence-corrected chi connectivity index (χ0v) is 16.2. The van der Waals surface area contributed by atoms with Crippen LogP contribution in [0.5, 0.6) is 0 Å². The summed E-state index contributed by atoms with van der Waals surface area (Å²) in [6.45, 7) is 5.68. The number of hydrogen-bond acceptors (Lipinski definition) is 3. The van der Waals surface area contributed by atoms with E-state index in [1.807, 2.05) is 9.80 Å². The van der Waals surface area contributed by atoms with Crippen LogP contribution in [0.25, 0.3) is 0 Å². The summed E-state index contributed by atoms with van der Waals surface area (Å²) in [5.41, 5.74) is 0.174. The van der Waals surface area contributed by atoms with Crippen LogP contribution in [-0.2, 0) is 4.79 Å². The summed E-state index contributed by atoms with van der Waals surface area (Å²) in [6.07, 6.45) is 0.260. The van der Waals surface area contributed by atoms with E-state index in [0.29, 0.717) is 31.1 Å². The molecule has 2 amide bonds. The first kappa shape index (κ1) is 19.3. The standard InChI is InChI=1S/C21H27F2N3O2/c1-14-7-8-24(10-14)13-19(27)25-11-17-5-6-18(12-25)26(17)21(28)16-4-2-3-15(9-16)20(22)23/h2-4,9,14,17-18,20H,5-8,10-13H2,1H3. The van der Waals surface area contributed by atoms with Gasteiger partial charge in [0.05, 0.1) is 18.6 Å². The van der Waals surface area contributed by atoms with Gasteiger partial charge < -0.3 is 9.80 Å². The number of carbonyl (C=O) groups is 2. The molecule has 3 aliphatic rings. The van der Waals surface area contributed by atoms with Crippen molar-refractivity contribution in [2.45, 2.75) is 44.7 Å². The molecule has 152 valence electrons. The van der Waals surface area contributed by atoms with Gasteiger partial charge in [-0.05, 0) is 43.9 Å². The second kappa shape index (κ2) is 7.78. The summed E-state index contributed by atoms with van der Waals surface area (Å²) in [5, 5.41) is 0. The molecule has 3 heterocycles. The molecule has 3 aliphatic heterocycles. The number of carbonyl (C=O) groups excluding carboxylic acids is 2. The van der Waals surface area contributed by atoms with Crippen LogP contribution in [0.2, 0.25) is 0 Å². The molecule has 5 nitrogen and oxygen atoms in total. The highest BCUT2D eigenvalue weighted by atomic mass is 19.3. The fraction of sp³-hybridized carbons (Fsp3) is 0.619. The average Bonchev–Trinajstić information content (AvgIpc) is 3.20. The SMILES string of the molecule is CC1CCN(CC(=O)N2CC3CCC(C2)N3C(=O)c2cccc(C(F)F)c2)C1. The van der Waals surface area contributed by atoms with Crippen molar-refractivity contribution < 1.29 is 18.4 Å². The quantitative estimate of drug-likeness (QED) is 0.793. The van der Waals surface area contributed by atoms with Gasteiger partial charge in [0.15, 0.2) is 0 Å². The van der Waals surface area contributed by atoms with E-state index in [-0.39, 0.29) is 29.5 Å². The molecule has 0 saturated carbocycles. The number of piperazine rings is 1.